The SMILES string of the molecule is Cc1cccc(C(=O)NC(=S)Nc2ccc(O)c(-c3nc4ccccc4s3)c2)c1. The number of phenols is 1. The molecule has 4 rings (SSSR count). The predicted octanol–water partition coefficient (Wildman–Crippen LogP) is 5.10. The van der Waals surface area contributed by atoms with E-state index in [9.17, 15) is 9.90 Å². The Morgan fingerprint density at radius 3 is 2.69 bits per heavy atom. The van der Waals surface area contributed by atoms with Gasteiger partial charge in [-0.3, -0.25) is 10.1 Å². The Balaban J connectivity index is 1.53. The Hall–Kier alpha value is -3.29. The number of rotatable bonds is 3. The number of amides is 1. The van der Waals surface area contributed by atoms with Crippen molar-refractivity contribution < 1.29 is 9.90 Å². The molecule has 0 atom stereocenters. The van der Waals surface area contributed by atoms with Crippen molar-refractivity contribution in [1.29, 1.82) is 0 Å². The van der Waals surface area contributed by atoms with Crippen LogP contribution in [0, 0.1) is 6.92 Å². The van der Waals surface area contributed by atoms with Gasteiger partial charge < -0.3 is 10.4 Å². The van der Waals surface area contributed by atoms with Crippen molar-refractivity contribution in [1.82, 2.24) is 10.3 Å². The minimum Gasteiger partial charge on any atom is -0.507 e. The van der Waals surface area contributed by atoms with Crippen LogP contribution in [0.4, 0.5) is 5.69 Å². The highest BCUT2D eigenvalue weighted by molar-refractivity contribution is 7.80. The summed E-state index contributed by atoms with van der Waals surface area (Å²) in [6.45, 7) is 1.92. The minimum atomic E-state index is -0.281. The first kappa shape index (κ1) is 19.0. The average molecular weight is 420 g/mol. The first-order valence-corrected chi connectivity index (χ1v) is 10.1. The van der Waals surface area contributed by atoms with Gasteiger partial charge in [0.25, 0.3) is 5.91 Å². The number of aromatic hydroxyl groups is 1. The summed E-state index contributed by atoms with van der Waals surface area (Å²) in [5, 5.41) is 16.9. The zero-order valence-corrected chi connectivity index (χ0v) is 17.1. The van der Waals surface area contributed by atoms with E-state index in [2.05, 4.69) is 15.6 Å². The highest BCUT2D eigenvalue weighted by Crippen LogP contribution is 2.36. The van der Waals surface area contributed by atoms with Crippen LogP contribution in [0.1, 0.15) is 15.9 Å². The van der Waals surface area contributed by atoms with E-state index in [-0.39, 0.29) is 16.8 Å². The zero-order valence-electron chi connectivity index (χ0n) is 15.5. The number of aromatic nitrogens is 1. The number of thiazole rings is 1. The molecule has 3 N–H and O–H groups in total. The van der Waals surface area contributed by atoms with Crippen molar-refractivity contribution in [2.75, 3.05) is 5.32 Å². The molecule has 29 heavy (non-hydrogen) atoms. The average Bonchev–Trinajstić information content (AvgIpc) is 3.13. The number of fused-ring (bicyclic) bond motifs is 1. The number of para-hydroxylation sites is 1. The topological polar surface area (TPSA) is 74.2 Å². The Kier molecular flexibility index (Phi) is 5.24. The normalized spacial score (nSPS) is 10.7. The molecule has 7 heteroatoms. The molecule has 0 aliphatic rings. The summed E-state index contributed by atoms with van der Waals surface area (Å²) in [7, 11) is 0. The maximum atomic E-state index is 12.4. The third kappa shape index (κ3) is 4.26. The molecule has 144 valence electrons. The van der Waals surface area contributed by atoms with Gasteiger partial charge in [-0.05, 0) is 61.6 Å². The standard InChI is InChI=1S/C22H17N3O2S2/c1-13-5-4-6-14(11-13)20(27)25-22(28)23-15-9-10-18(26)16(12-15)21-24-17-7-2-3-8-19(17)29-21/h2-12,26H,1H3,(H2,23,25,27,28). The lowest BCUT2D eigenvalue weighted by Crippen LogP contribution is -2.34. The van der Waals surface area contributed by atoms with E-state index in [0.29, 0.717) is 21.8 Å². The summed E-state index contributed by atoms with van der Waals surface area (Å²) < 4.78 is 1.04. The van der Waals surface area contributed by atoms with Gasteiger partial charge in [0.15, 0.2) is 5.11 Å². The van der Waals surface area contributed by atoms with Gasteiger partial charge in [0.05, 0.1) is 15.8 Å². The van der Waals surface area contributed by atoms with Crippen LogP contribution < -0.4 is 10.6 Å². The highest BCUT2D eigenvalue weighted by atomic mass is 32.1. The van der Waals surface area contributed by atoms with Crippen molar-refractivity contribution in [2.24, 2.45) is 0 Å². The van der Waals surface area contributed by atoms with Gasteiger partial charge in [-0.25, -0.2) is 4.98 Å². The van der Waals surface area contributed by atoms with Crippen LogP contribution in [0.25, 0.3) is 20.8 Å². The number of hydrogen-bond donors (Lipinski definition) is 3. The van der Waals surface area contributed by atoms with Gasteiger partial charge in [-0.15, -0.1) is 11.3 Å². The molecule has 0 bridgehead atoms. The molecule has 3 aromatic carbocycles. The molecule has 0 saturated heterocycles. The molecule has 0 aliphatic carbocycles. The van der Waals surface area contributed by atoms with Gasteiger partial charge in [-0.1, -0.05) is 29.8 Å². The first-order valence-electron chi connectivity index (χ1n) is 8.87. The summed E-state index contributed by atoms with van der Waals surface area (Å²) in [5.41, 5.74) is 3.66. The Morgan fingerprint density at radius 1 is 1.07 bits per heavy atom. The molecule has 1 aromatic heterocycles. The highest BCUT2D eigenvalue weighted by Gasteiger charge is 2.13. The summed E-state index contributed by atoms with van der Waals surface area (Å²) in [5.74, 6) is -0.152. The monoisotopic (exact) mass is 419 g/mol. The Bertz CT molecular complexity index is 1200. The van der Waals surface area contributed by atoms with Gasteiger partial charge in [0.2, 0.25) is 0 Å². The molecule has 1 amide bonds. The molecule has 1 heterocycles. The maximum Gasteiger partial charge on any atom is 0.257 e. The molecular weight excluding hydrogens is 402 g/mol. The van der Waals surface area contributed by atoms with Gasteiger partial charge >= 0.3 is 0 Å². The Morgan fingerprint density at radius 2 is 1.90 bits per heavy atom. The fourth-order valence-electron chi connectivity index (χ4n) is 2.90. The van der Waals surface area contributed by atoms with Crippen LogP contribution in [-0.2, 0) is 0 Å². The molecule has 0 fully saturated rings. The van der Waals surface area contributed by atoms with Crippen LogP contribution in [0.5, 0.6) is 5.75 Å². The lowest BCUT2D eigenvalue weighted by atomic mass is 10.1. The molecule has 0 aliphatic heterocycles. The van der Waals surface area contributed by atoms with Crippen molar-refractivity contribution in [3.63, 3.8) is 0 Å². The molecule has 0 spiro atoms. The van der Waals surface area contributed by atoms with E-state index in [4.69, 9.17) is 12.2 Å². The number of benzene rings is 3. The summed E-state index contributed by atoms with van der Waals surface area (Å²) >= 11 is 6.77. The van der Waals surface area contributed by atoms with Gasteiger partial charge in [0.1, 0.15) is 10.8 Å². The third-order valence-corrected chi connectivity index (χ3v) is 5.56. The molecule has 0 radical (unpaired) electrons. The number of thiocarbonyl (C=S) groups is 1. The second-order valence-electron chi connectivity index (χ2n) is 6.50. The zero-order chi connectivity index (χ0) is 20.4. The smallest absolute Gasteiger partial charge is 0.257 e. The van der Waals surface area contributed by atoms with E-state index in [1.54, 1.807) is 30.3 Å². The lowest BCUT2D eigenvalue weighted by Gasteiger charge is -2.11. The maximum absolute atomic E-state index is 12.4. The third-order valence-electron chi connectivity index (χ3n) is 4.29. The number of aryl methyl sites for hydroxylation is 1. The van der Waals surface area contributed by atoms with Crippen molar-refractivity contribution in [3.8, 4) is 16.3 Å². The number of anilines is 1. The Labute approximate surface area is 177 Å². The van der Waals surface area contributed by atoms with E-state index >= 15 is 0 Å². The molecule has 5 nitrogen and oxygen atoms in total. The number of carbonyl (C=O) groups is 1. The van der Waals surface area contributed by atoms with Crippen molar-refractivity contribution in [2.45, 2.75) is 6.92 Å². The van der Waals surface area contributed by atoms with Crippen LogP contribution in [0.15, 0.2) is 66.7 Å². The van der Waals surface area contributed by atoms with Crippen LogP contribution in [0.3, 0.4) is 0 Å². The first-order chi connectivity index (χ1) is 14.0. The number of carbonyl (C=O) groups excluding carboxylic acids is 1. The molecule has 0 unspecified atom stereocenters. The largest absolute Gasteiger partial charge is 0.507 e. The number of phenolic OH excluding ortho intramolecular Hbond substituents is 1. The van der Waals surface area contributed by atoms with E-state index < -0.39 is 0 Å². The number of nitrogens with one attached hydrogen (secondary N) is 2. The minimum absolute atomic E-state index is 0.129. The second-order valence-corrected chi connectivity index (χ2v) is 7.94. The predicted molar refractivity (Wildman–Crippen MR) is 122 cm³/mol. The molecular formula is C22H17N3O2S2. The van der Waals surface area contributed by atoms with Crippen LogP contribution in [0.2, 0.25) is 0 Å². The van der Waals surface area contributed by atoms with E-state index in [1.807, 2.05) is 43.3 Å². The fraction of sp³-hybridized carbons (Fsp3) is 0.0455. The second kappa shape index (κ2) is 7.98. The summed E-state index contributed by atoms with van der Waals surface area (Å²) in [4.78, 5) is 16.9. The number of hydrogen-bond acceptors (Lipinski definition) is 5. The number of nitrogens with zero attached hydrogens (tertiary/aromatic N) is 1. The summed E-state index contributed by atoms with van der Waals surface area (Å²) in [6.07, 6.45) is 0. The molecule has 0 saturated carbocycles. The van der Waals surface area contributed by atoms with Gasteiger partial charge in [0, 0.05) is 11.3 Å². The van der Waals surface area contributed by atoms with E-state index in [0.717, 1.165) is 15.8 Å². The molecule has 4 aromatic rings. The van der Waals surface area contributed by atoms with Gasteiger partial charge in [-0.2, -0.15) is 0 Å². The van der Waals surface area contributed by atoms with Crippen LogP contribution in [-0.4, -0.2) is 21.1 Å². The lowest BCUT2D eigenvalue weighted by molar-refractivity contribution is 0.0977. The quantitative estimate of drug-likeness (QED) is 0.318. The summed E-state index contributed by atoms with van der Waals surface area (Å²) in [6, 6.07) is 20.1. The van der Waals surface area contributed by atoms with E-state index in [1.165, 1.54) is 11.3 Å². The van der Waals surface area contributed by atoms with Crippen molar-refractivity contribution >= 4 is 50.5 Å². The fourth-order valence-corrected chi connectivity index (χ4v) is 4.10. The van der Waals surface area contributed by atoms with Crippen molar-refractivity contribution in [3.05, 3.63) is 77.9 Å². The van der Waals surface area contributed by atoms with Crippen LogP contribution >= 0.6 is 23.6 Å².